The van der Waals surface area contributed by atoms with Crippen LogP contribution >= 0.6 is 0 Å². The molecule has 2 atom stereocenters. The summed E-state index contributed by atoms with van der Waals surface area (Å²) < 4.78 is 33.6. The molecule has 0 aliphatic carbocycles. The van der Waals surface area contributed by atoms with Crippen LogP contribution in [0, 0.1) is 11.8 Å². The van der Waals surface area contributed by atoms with E-state index in [1.165, 1.54) is 0 Å². The second kappa shape index (κ2) is 12.1. The molecule has 0 fully saturated rings. The van der Waals surface area contributed by atoms with E-state index in [1.54, 1.807) is 26.4 Å². The number of hydrogen-bond donors (Lipinski definition) is 1. The summed E-state index contributed by atoms with van der Waals surface area (Å²) in [5.74, 6) is 8.24. The minimum absolute atomic E-state index is 0.117. The van der Waals surface area contributed by atoms with Gasteiger partial charge in [0.1, 0.15) is 23.9 Å². The molecule has 2 aromatic rings. The zero-order valence-electron chi connectivity index (χ0n) is 24.0. The third-order valence-electron chi connectivity index (χ3n) is 7.60. The average Bonchev–Trinajstić information content (AvgIpc) is 2.88. The van der Waals surface area contributed by atoms with Crippen molar-refractivity contribution in [1.29, 1.82) is 0 Å². The number of ether oxygens (including phenoxy) is 5. The molecular formula is C30H42O7Si. The highest BCUT2D eigenvalue weighted by Gasteiger charge is 2.53. The molecule has 208 valence electrons. The lowest BCUT2D eigenvalue weighted by atomic mass is 9.64. The molecule has 8 heteroatoms. The molecule has 3 rings (SSSR count). The van der Waals surface area contributed by atoms with Gasteiger partial charge in [-0.1, -0.05) is 44.7 Å². The molecule has 1 aliphatic heterocycles. The van der Waals surface area contributed by atoms with Crippen molar-refractivity contribution < 1.29 is 33.2 Å². The Kier molecular flexibility index (Phi) is 9.55. The van der Waals surface area contributed by atoms with Crippen molar-refractivity contribution in [2.24, 2.45) is 0 Å². The smallest absolute Gasteiger partial charge is 0.192 e. The van der Waals surface area contributed by atoms with Gasteiger partial charge in [0.15, 0.2) is 27.5 Å². The Morgan fingerprint density at radius 2 is 1.58 bits per heavy atom. The quantitative estimate of drug-likeness (QED) is 0.181. The molecule has 0 amide bonds. The molecule has 0 bridgehead atoms. The van der Waals surface area contributed by atoms with E-state index in [1.807, 2.05) is 37.3 Å². The Balaban J connectivity index is 1.95. The van der Waals surface area contributed by atoms with Crippen molar-refractivity contribution in [1.82, 2.24) is 0 Å². The summed E-state index contributed by atoms with van der Waals surface area (Å²) >= 11 is 0. The number of fused-ring (bicyclic) bond motifs is 1. The maximum absolute atomic E-state index is 12.4. The van der Waals surface area contributed by atoms with E-state index in [9.17, 15) is 5.11 Å². The topological polar surface area (TPSA) is 75.6 Å². The van der Waals surface area contributed by atoms with Crippen LogP contribution in [0.5, 0.6) is 17.2 Å². The molecular weight excluding hydrogens is 500 g/mol. The summed E-state index contributed by atoms with van der Waals surface area (Å²) in [4.78, 5) is 0. The lowest BCUT2D eigenvalue weighted by Gasteiger charge is -2.46. The number of methoxy groups -OCH3 is 2. The summed E-state index contributed by atoms with van der Waals surface area (Å²) in [5.41, 5.74) is -0.913. The summed E-state index contributed by atoms with van der Waals surface area (Å²) in [5, 5.41) is 12.5. The summed E-state index contributed by atoms with van der Waals surface area (Å²) in [6.07, 6.45) is 0.514. The van der Waals surface area contributed by atoms with Crippen molar-refractivity contribution in [3.05, 3.63) is 53.6 Å². The fourth-order valence-corrected chi connectivity index (χ4v) is 5.11. The van der Waals surface area contributed by atoms with Gasteiger partial charge in [-0.3, -0.25) is 0 Å². The zero-order chi connectivity index (χ0) is 28.0. The Hall–Kier alpha value is -2.54. The van der Waals surface area contributed by atoms with Gasteiger partial charge in [-0.15, -0.1) is 0 Å². The number of aliphatic hydroxyl groups is 1. The van der Waals surface area contributed by atoms with E-state index in [0.29, 0.717) is 35.8 Å². The van der Waals surface area contributed by atoms with Gasteiger partial charge in [-0.05, 0) is 54.9 Å². The Morgan fingerprint density at radius 1 is 0.974 bits per heavy atom. The summed E-state index contributed by atoms with van der Waals surface area (Å²) in [7, 11) is 1.26. The zero-order valence-corrected chi connectivity index (χ0v) is 25.0. The minimum atomic E-state index is -1.88. The van der Waals surface area contributed by atoms with Gasteiger partial charge in [-0.25, -0.2) is 0 Å². The monoisotopic (exact) mass is 542 g/mol. The largest absolute Gasteiger partial charge is 0.492 e. The molecule has 1 aliphatic rings. The number of hydrogen-bond acceptors (Lipinski definition) is 7. The molecule has 0 spiro atoms. The van der Waals surface area contributed by atoms with Crippen LogP contribution in [0.25, 0.3) is 0 Å². The second-order valence-corrected chi connectivity index (χ2v) is 16.1. The highest BCUT2D eigenvalue weighted by atomic mass is 28.4. The van der Waals surface area contributed by atoms with Gasteiger partial charge in [0, 0.05) is 38.9 Å². The van der Waals surface area contributed by atoms with Crippen molar-refractivity contribution in [2.45, 2.75) is 63.3 Å². The normalized spacial score (nSPS) is 21.1. The van der Waals surface area contributed by atoms with Crippen molar-refractivity contribution in [3.63, 3.8) is 0 Å². The van der Waals surface area contributed by atoms with Crippen LogP contribution < -0.4 is 14.2 Å². The van der Waals surface area contributed by atoms with E-state index < -0.39 is 19.3 Å². The highest BCUT2D eigenvalue weighted by Crippen LogP contribution is 2.50. The molecule has 1 N–H and O–H groups in total. The fourth-order valence-electron chi connectivity index (χ4n) is 4.07. The van der Waals surface area contributed by atoms with Crippen LogP contribution in [0.3, 0.4) is 0 Å². The number of benzene rings is 2. The second-order valence-electron chi connectivity index (χ2n) is 11.3. The predicted molar refractivity (Wildman–Crippen MR) is 150 cm³/mol. The third kappa shape index (κ3) is 6.36. The van der Waals surface area contributed by atoms with Gasteiger partial charge in [0.05, 0.1) is 5.41 Å². The molecule has 0 radical (unpaired) electrons. The maximum atomic E-state index is 12.4. The van der Waals surface area contributed by atoms with E-state index in [-0.39, 0.29) is 25.2 Å². The molecule has 2 aromatic carbocycles. The first-order valence-corrected chi connectivity index (χ1v) is 15.8. The van der Waals surface area contributed by atoms with Gasteiger partial charge >= 0.3 is 0 Å². The van der Waals surface area contributed by atoms with Gasteiger partial charge in [-0.2, -0.15) is 0 Å². The molecule has 7 nitrogen and oxygen atoms in total. The van der Waals surface area contributed by atoms with Gasteiger partial charge in [0.25, 0.3) is 0 Å². The van der Waals surface area contributed by atoms with Gasteiger partial charge < -0.3 is 33.2 Å². The van der Waals surface area contributed by atoms with Crippen molar-refractivity contribution in [2.75, 3.05) is 41.0 Å². The maximum Gasteiger partial charge on any atom is 0.192 e. The molecule has 0 saturated heterocycles. The first kappa shape index (κ1) is 30.0. The lowest BCUT2D eigenvalue weighted by molar-refractivity contribution is -0.0274. The summed E-state index contributed by atoms with van der Waals surface area (Å²) in [6, 6.07) is 13.0. The van der Waals surface area contributed by atoms with Crippen LogP contribution in [0.15, 0.2) is 42.5 Å². The SMILES string of the molecule is COCOc1ccc([C@@]2(C)COc3cc(OCOC)ccc3C2(O)C#CCCO[Si](C)(C)C(C)(C)C)cc1. The third-order valence-corrected chi connectivity index (χ3v) is 12.1. The van der Waals surface area contributed by atoms with Crippen molar-refractivity contribution in [3.8, 4) is 29.1 Å². The number of rotatable bonds is 10. The Labute approximate surface area is 228 Å². The Bertz CT molecular complexity index is 1130. The van der Waals surface area contributed by atoms with Gasteiger partial charge in [0.2, 0.25) is 0 Å². The van der Waals surface area contributed by atoms with Crippen LogP contribution in [0.4, 0.5) is 0 Å². The molecule has 0 saturated carbocycles. The minimum Gasteiger partial charge on any atom is -0.492 e. The first-order valence-electron chi connectivity index (χ1n) is 12.9. The molecule has 0 aromatic heterocycles. The lowest BCUT2D eigenvalue weighted by Crippen LogP contribution is -2.53. The standard InChI is InChI=1S/C30H42O7Si/c1-28(2,3)38(7,8)37-18-10-9-17-30(31)26-16-15-25(36-22-33-6)19-27(26)34-20-29(30,4)23-11-13-24(14-12-23)35-21-32-5/h11-16,19,31H,10,18,20-22H2,1-8H3/t29-,30?/m1/s1. The highest BCUT2D eigenvalue weighted by molar-refractivity contribution is 6.74. The van der Waals surface area contributed by atoms with Crippen molar-refractivity contribution >= 4 is 8.32 Å². The molecule has 38 heavy (non-hydrogen) atoms. The van der Waals surface area contributed by atoms with E-state index in [2.05, 4.69) is 45.7 Å². The predicted octanol–water partition coefficient (Wildman–Crippen LogP) is 5.61. The van der Waals surface area contributed by atoms with E-state index >= 15 is 0 Å². The average molecular weight is 543 g/mol. The first-order chi connectivity index (χ1) is 17.9. The van der Waals surface area contributed by atoms with E-state index in [4.69, 9.17) is 28.1 Å². The van der Waals surface area contributed by atoms with Crippen LogP contribution in [-0.2, 0) is 24.9 Å². The fraction of sp³-hybridized carbons (Fsp3) is 0.533. The summed E-state index contributed by atoms with van der Waals surface area (Å²) in [6.45, 7) is 14.1. The molecule has 1 unspecified atom stereocenters. The van der Waals surface area contributed by atoms with E-state index in [0.717, 1.165) is 5.56 Å². The van der Waals surface area contributed by atoms with Crippen LogP contribution in [-0.4, -0.2) is 54.4 Å². The molecule has 1 heterocycles. The van der Waals surface area contributed by atoms with Crippen LogP contribution in [0.1, 0.15) is 45.2 Å². The van der Waals surface area contributed by atoms with Crippen LogP contribution in [0.2, 0.25) is 18.1 Å². The Morgan fingerprint density at radius 3 is 2.18 bits per heavy atom.